The van der Waals surface area contributed by atoms with E-state index in [1.54, 1.807) is 0 Å². The van der Waals surface area contributed by atoms with Gasteiger partial charge in [0.25, 0.3) is 0 Å². The molecule has 0 aromatic rings. The van der Waals surface area contributed by atoms with Gasteiger partial charge in [0.2, 0.25) is 0 Å². The van der Waals surface area contributed by atoms with Crippen LogP contribution in [-0.4, -0.2) is 66.5 Å². The second-order valence-corrected chi connectivity index (χ2v) is 20.2. The standard InChI is InChI=1S/C58H103O11P/c1-4-7-10-13-16-19-22-25-26-27-28-31-34-37-40-43-46-49-58(62)69-55(51-65-56(60)47-44-41-38-35-32-29-23-20-17-14-11-8-5-2)53-67-70(63,64)66-52-54(50-59)68-57(61)48-45-42-39-36-33-30-24-21-18-15-12-9-6-3/h8,11,17,20-21,24,29,32,38,41,54-55,59H,4-7,9-10,12-16,18-19,22-23,25-28,30-31,33-37,39-40,42-53H2,1-3H3,(H,63,64)/b11-8-,20-17-,24-21-,32-29-,41-38-. The third-order valence-electron chi connectivity index (χ3n) is 11.9. The first-order valence-corrected chi connectivity index (χ1v) is 29.7. The van der Waals surface area contributed by atoms with Gasteiger partial charge in [-0.25, -0.2) is 4.57 Å². The second-order valence-electron chi connectivity index (χ2n) is 18.7. The summed E-state index contributed by atoms with van der Waals surface area (Å²) in [4.78, 5) is 48.4. The van der Waals surface area contributed by atoms with Gasteiger partial charge in [-0.05, 0) is 70.6 Å². The molecule has 0 aliphatic rings. The van der Waals surface area contributed by atoms with Crippen molar-refractivity contribution in [2.75, 3.05) is 26.4 Å². The predicted molar refractivity (Wildman–Crippen MR) is 288 cm³/mol. The second kappa shape index (κ2) is 52.5. The normalized spacial score (nSPS) is 13.8. The zero-order valence-electron chi connectivity index (χ0n) is 44.7. The fourth-order valence-corrected chi connectivity index (χ4v) is 8.44. The lowest BCUT2D eigenvalue weighted by molar-refractivity contribution is -0.161. The molecule has 0 amide bonds. The molecule has 0 saturated heterocycles. The average molecular weight is 1010 g/mol. The number of rotatable bonds is 52. The summed E-state index contributed by atoms with van der Waals surface area (Å²) in [5, 5.41) is 9.79. The van der Waals surface area contributed by atoms with Gasteiger partial charge in [-0.15, -0.1) is 0 Å². The molecule has 3 unspecified atom stereocenters. The Morgan fingerprint density at radius 2 is 0.771 bits per heavy atom. The third-order valence-corrected chi connectivity index (χ3v) is 12.9. The topological polar surface area (TPSA) is 155 Å². The van der Waals surface area contributed by atoms with E-state index in [-0.39, 0.29) is 25.9 Å². The zero-order chi connectivity index (χ0) is 51.3. The number of hydrogen-bond acceptors (Lipinski definition) is 10. The molecule has 11 nitrogen and oxygen atoms in total. The van der Waals surface area contributed by atoms with E-state index < -0.39 is 57.8 Å². The molecule has 70 heavy (non-hydrogen) atoms. The van der Waals surface area contributed by atoms with Gasteiger partial charge >= 0.3 is 25.7 Å². The molecule has 0 bridgehead atoms. The van der Waals surface area contributed by atoms with Crippen molar-refractivity contribution in [2.24, 2.45) is 0 Å². The van der Waals surface area contributed by atoms with Crippen LogP contribution in [0.2, 0.25) is 0 Å². The summed E-state index contributed by atoms with van der Waals surface area (Å²) >= 11 is 0. The minimum absolute atomic E-state index is 0.106. The number of aliphatic hydroxyl groups excluding tert-OH is 1. The van der Waals surface area contributed by atoms with E-state index in [1.165, 1.54) is 109 Å². The molecule has 2 N–H and O–H groups in total. The number of ether oxygens (including phenoxy) is 3. The maximum atomic E-state index is 12.9. The Morgan fingerprint density at radius 1 is 0.414 bits per heavy atom. The fraction of sp³-hybridized carbons (Fsp3) is 0.776. The number of carbonyl (C=O) groups excluding carboxylic acids is 3. The molecule has 406 valence electrons. The Bertz CT molecular complexity index is 1410. The van der Waals surface area contributed by atoms with Crippen LogP contribution in [0.25, 0.3) is 0 Å². The number of allylic oxidation sites excluding steroid dienone is 10. The highest BCUT2D eigenvalue weighted by atomic mass is 31.2. The maximum absolute atomic E-state index is 12.9. The van der Waals surface area contributed by atoms with E-state index >= 15 is 0 Å². The van der Waals surface area contributed by atoms with Crippen LogP contribution in [0, 0.1) is 0 Å². The van der Waals surface area contributed by atoms with Crippen LogP contribution in [-0.2, 0) is 42.2 Å². The lowest BCUT2D eigenvalue weighted by Crippen LogP contribution is -2.30. The van der Waals surface area contributed by atoms with Gasteiger partial charge in [-0.3, -0.25) is 23.4 Å². The fourth-order valence-electron chi connectivity index (χ4n) is 7.66. The summed E-state index contributed by atoms with van der Waals surface area (Å²) in [7, 11) is -4.76. The summed E-state index contributed by atoms with van der Waals surface area (Å²) in [5.74, 6) is -1.56. The summed E-state index contributed by atoms with van der Waals surface area (Å²) in [6.07, 6.45) is 56.3. The number of carbonyl (C=O) groups is 3. The molecule has 0 aliphatic heterocycles. The Balaban J connectivity index is 4.77. The van der Waals surface area contributed by atoms with Crippen molar-refractivity contribution in [3.05, 3.63) is 60.8 Å². The lowest BCUT2D eigenvalue weighted by atomic mass is 10.0. The van der Waals surface area contributed by atoms with Crippen molar-refractivity contribution in [1.29, 1.82) is 0 Å². The Kier molecular flexibility index (Phi) is 50.4. The Morgan fingerprint density at radius 3 is 1.21 bits per heavy atom. The highest BCUT2D eigenvalue weighted by Crippen LogP contribution is 2.43. The van der Waals surface area contributed by atoms with Crippen LogP contribution in [0.3, 0.4) is 0 Å². The number of unbranched alkanes of at least 4 members (excludes halogenated alkanes) is 25. The van der Waals surface area contributed by atoms with Gasteiger partial charge in [-0.1, -0.05) is 223 Å². The summed E-state index contributed by atoms with van der Waals surface area (Å²) in [6, 6.07) is 0. The minimum Gasteiger partial charge on any atom is -0.462 e. The molecule has 0 rings (SSSR count). The lowest BCUT2D eigenvalue weighted by Gasteiger charge is -2.21. The summed E-state index contributed by atoms with van der Waals surface area (Å²) in [5.41, 5.74) is 0. The first kappa shape index (κ1) is 67.2. The third kappa shape index (κ3) is 50.1. The molecule has 0 spiro atoms. The van der Waals surface area contributed by atoms with Crippen molar-refractivity contribution in [1.82, 2.24) is 0 Å². The van der Waals surface area contributed by atoms with Crippen molar-refractivity contribution >= 4 is 25.7 Å². The van der Waals surface area contributed by atoms with E-state index in [9.17, 15) is 28.9 Å². The maximum Gasteiger partial charge on any atom is 0.472 e. The summed E-state index contributed by atoms with van der Waals surface area (Å²) in [6.45, 7) is 4.44. The molecule has 0 aromatic carbocycles. The highest BCUT2D eigenvalue weighted by molar-refractivity contribution is 7.47. The molecule has 12 heteroatoms. The summed E-state index contributed by atoms with van der Waals surface area (Å²) < 4.78 is 39.4. The van der Waals surface area contributed by atoms with Crippen LogP contribution in [0.1, 0.15) is 252 Å². The van der Waals surface area contributed by atoms with Crippen molar-refractivity contribution in [3.63, 3.8) is 0 Å². The molecular formula is C58H103O11P. The number of esters is 3. The number of phosphoric acid groups is 1. The van der Waals surface area contributed by atoms with E-state index in [4.69, 9.17) is 23.3 Å². The number of aliphatic hydroxyl groups is 1. The Labute approximate surface area is 427 Å². The van der Waals surface area contributed by atoms with E-state index in [0.717, 1.165) is 83.5 Å². The number of phosphoric ester groups is 1. The zero-order valence-corrected chi connectivity index (χ0v) is 45.6. The SMILES string of the molecule is CC/C=C\C/C=C\C/C=C\C/C=C\CCC(=O)OCC(COP(=O)(O)OCC(CO)OC(=O)CCCCCCC/C=C\CCCCCC)OC(=O)CCCCCCCCCCCCCCCCCCC. The highest BCUT2D eigenvalue weighted by Gasteiger charge is 2.28. The van der Waals surface area contributed by atoms with Gasteiger partial charge in [0.15, 0.2) is 6.10 Å². The molecule has 0 radical (unpaired) electrons. The molecule has 0 aromatic heterocycles. The van der Waals surface area contributed by atoms with E-state index in [1.807, 2.05) is 12.2 Å². The number of hydrogen-bond donors (Lipinski definition) is 2. The van der Waals surface area contributed by atoms with E-state index in [0.29, 0.717) is 19.3 Å². The quantitative estimate of drug-likeness (QED) is 0.0197. The van der Waals surface area contributed by atoms with E-state index in [2.05, 4.69) is 69.4 Å². The first-order valence-electron chi connectivity index (χ1n) is 28.2. The monoisotopic (exact) mass is 1010 g/mol. The van der Waals surface area contributed by atoms with Gasteiger partial charge in [-0.2, -0.15) is 0 Å². The van der Waals surface area contributed by atoms with Crippen molar-refractivity contribution in [3.8, 4) is 0 Å². The molecule has 0 aliphatic carbocycles. The van der Waals surface area contributed by atoms with Gasteiger partial charge < -0.3 is 24.2 Å². The van der Waals surface area contributed by atoms with Crippen molar-refractivity contribution < 1.29 is 52.2 Å². The predicted octanol–water partition coefficient (Wildman–Crippen LogP) is 16.4. The molecule has 0 fully saturated rings. The minimum atomic E-state index is -4.76. The molecular weight excluding hydrogens is 904 g/mol. The first-order chi connectivity index (χ1) is 34.2. The van der Waals surface area contributed by atoms with Gasteiger partial charge in [0.1, 0.15) is 12.7 Å². The van der Waals surface area contributed by atoms with Crippen LogP contribution in [0.4, 0.5) is 0 Å². The smallest absolute Gasteiger partial charge is 0.462 e. The average Bonchev–Trinajstić information content (AvgIpc) is 3.35. The van der Waals surface area contributed by atoms with Gasteiger partial charge in [0.05, 0.1) is 19.8 Å². The molecule has 0 heterocycles. The van der Waals surface area contributed by atoms with Gasteiger partial charge in [0, 0.05) is 19.3 Å². The van der Waals surface area contributed by atoms with Crippen LogP contribution < -0.4 is 0 Å². The van der Waals surface area contributed by atoms with Crippen LogP contribution in [0.5, 0.6) is 0 Å². The van der Waals surface area contributed by atoms with Crippen LogP contribution >= 0.6 is 7.82 Å². The van der Waals surface area contributed by atoms with Crippen LogP contribution in [0.15, 0.2) is 60.8 Å². The van der Waals surface area contributed by atoms with Crippen molar-refractivity contribution in [2.45, 2.75) is 264 Å². The molecule has 3 atom stereocenters. The molecule has 0 saturated carbocycles. The Hall–Kier alpha value is -2.82. The largest absolute Gasteiger partial charge is 0.472 e.